The van der Waals surface area contributed by atoms with Crippen molar-refractivity contribution in [1.29, 1.82) is 0 Å². The lowest BCUT2D eigenvalue weighted by Gasteiger charge is -2.34. The van der Waals surface area contributed by atoms with Crippen molar-refractivity contribution in [3.8, 4) is 0 Å². The Morgan fingerprint density at radius 1 is 0.893 bits per heavy atom. The first kappa shape index (κ1) is 26.8. The number of carboxylic acid groups (broad SMARTS) is 1. The second-order valence-electron chi connectivity index (χ2n) is 9.12. The molecule has 0 saturated heterocycles. The van der Waals surface area contributed by atoms with Crippen LogP contribution in [-0.2, 0) is 9.59 Å². The van der Waals surface area contributed by atoms with E-state index in [1.807, 2.05) is 21.1 Å². The highest BCUT2D eigenvalue weighted by atomic mass is 16.4. The van der Waals surface area contributed by atoms with Crippen LogP contribution in [0, 0.1) is 0 Å². The Labute approximate surface area is 172 Å². The van der Waals surface area contributed by atoms with Gasteiger partial charge >= 0.3 is 0 Å². The first-order valence-corrected chi connectivity index (χ1v) is 11.0. The van der Waals surface area contributed by atoms with Crippen LogP contribution >= 0.6 is 0 Å². The van der Waals surface area contributed by atoms with Crippen LogP contribution in [0.3, 0.4) is 0 Å². The zero-order chi connectivity index (χ0) is 21.5. The molecule has 5 nitrogen and oxygen atoms in total. The van der Waals surface area contributed by atoms with Gasteiger partial charge in [0.2, 0.25) is 0 Å². The van der Waals surface area contributed by atoms with Gasteiger partial charge in [-0.3, -0.25) is 4.79 Å². The molecule has 0 spiro atoms. The molecule has 1 unspecified atom stereocenters. The molecular weight excluding hydrogens is 354 g/mol. The fourth-order valence-electron chi connectivity index (χ4n) is 3.52. The van der Waals surface area contributed by atoms with Crippen molar-refractivity contribution in [1.82, 2.24) is 0 Å². The summed E-state index contributed by atoms with van der Waals surface area (Å²) in [7, 11) is 5.42. The number of carbonyl (C=O) groups excluding carboxylic acids is 2. The highest BCUT2D eigenvalue weighted by Crippen LogP contribution is 2.17. The molecule has 0 rings (SSSR count). The van der Waals surface area contributed by atoms with Crippen molar-refractivity contribution in [2.45, 2.75) is 96.0 Å². The van der Waals surface area contributed by atoms with Crippen molar-refractivity contribution < 1.29 is 24.3 Å². The Morgan fingerprint density at radius 2 is 1.36 bits per heavy atom. The monoisotopic (exact) mass is 397 g/mol. The average Bonchev–Trinajstić information content (AvgIpc) is 2.56. The van der Waals surface area contributed by atoms with E-state index in [2.05, 4.69) is 6.92 Å². The van der Waals surface area contributed by atoms with Gasteiger partial charge in [0.15, 0.2) is 11.4 Å². The van der Waals surface area contributed by atoms with E-state index < -0.39 is 23.8 Å². The predicted molar refractivity (Wildman–Crippen MR) is 113 cm³/mol. The van der Waals surface area contributed by atoms with Gasteiger partial charge in [-0.1, -0.05) is 77.2 Å². The van der Waals surface area contributed by atoms with Crippen LogP contribution in [0.2, 0.25) is 0 Å². The van der Waals surface area contributed by atoms with Crippen LogP contribution < -0.4 is 5.11 Å². The van der Waals surface area contributed by atoms with Gasteiger partial charge < -0.3 is 19.5 Å². The number of nitrogens with zero attached hydrogens (tertiary/aromatic N) is 1. The third kappa shape index (κ3) is 14.8. The molecule has 1 atom stereocenters. The number of aliphatic hydroxyl groups is 1. The summed E-state index contributed by atoms with van der Waals surface area (Å²) in [6, 6.07) is 0. The van der Waals surface area contributed by atoms with Gasteiger partial charge in [-0.25, -0.2) is 0 Å². The zero-order valence-electron chi connectivity index (χ0n) is 18.7. The van der Waals surface area contributed by atoms with E-state index >= 15 is 0 Å². The van der Waals surface area contributed by atoms with E-state index in [0.29, 0.717) is 4.48 Å². The molecule has 0 radical (unpaired) electrons. The highest BCUT2D eigenvalue weighted by molar-refractivity contribution is 5.99. The molecule has 164 valence electrons. The number of ketones is 1. The molecule has 0 heterocycles. The number of carboxylic acids is 1. The van der Waals surface area contributed by atoms with Crippen molar-refractivity contribution in [2.24, 2.45) is 0 Å². The molecule has 0 aromatic heterocycles. The van der Waals surface area contributed by atoms with Crippen LogP contribution in [0.15, 0.2) is 12.2 Å². The van der Waals surface area contributed by atoms with Gasteiger partial charge in [0.1, 0.15) is 6.54 Å². The average molecular weight is 398 g/mol. The lowest BCUT2D eigenvalue weighted by atomic mass is 9.92. The molecule has 0 aliphatic rings. The summed E-state index contributed by atoms with van der Waals surface area (Å²) in [6.45, 7) is 2.27. The van der Waals surface area contributed by atoms with Crippen molar-refractivity contribution in [2.75, 3.05) is 27.7 Å². The highest BCUT2D eigenvalue weighted by Gasteiger charge is 2.39. The van der Waals surface area contributed by atoms with E-state index in [4.69, 9.17) is 0 Å². The maximum Gasteiger partial charge on any atom is 0.193 e. The molecule has 0 fully saturated rings. The summed E-state index contributed by atoms with van der Waals surface area (Å²) in [5, 5.41) is 21.5. The molecule has 0 aromatic rings. The number of rotatable bonds is 18. The fourth-order valence-corrected chi connectivity index (χ4v) is 3.52. The minimum Gasteiger partial charge on any atom is -0.550 e. The molecule has 0 saturated carbocycles. The van der Waals surface area contributed by atoms with Crippen LogP contribution in [-0.4, -0.2) is 54.6 Å². The Bertz CT molecular complexity index is 468. The van der Waals surface area contributed by atoms with E-state index in [-0.39, 0.29) is 6.54 Å². The van der Waals surface area contributed by atoms with Crippen LogP contribution in [0.5, 0.6) is 0 Å². The topological polar surface area (TPSA) is 77.4 Å². The van der Waals surface area contributed by atoms with E-state index in [1.165, 1.54) is 63.9 Å². The standard InChI is InChI=1S/C23H43NO4/c1-5-6-7-8-9-10-11-12-13-14-15-16-17-18-21(25)23(28,19-22(26)27)20-24(2,3)4/h17-18,28H,5-16,19-20H2,1-4H3. The number of allylic oxidation sites excluding steroid dienone is 1. The fraction of sp³-hybridized carbons (Fsp3) is 0.826. The zero-order valence-corrected chi connectivity index (χ0v) is 18.7. The summed E-state index contributed by atoms with van der Waals surface area (Å²) in [5.41, 5.74) is -1.91. The number of hydrogen-bond donors (Lipinski definition) is 1. The molecule has 0 aliphatic carbocycles. The Balaban J connectivity index is 4.00. The third-order valence-corrected chi connectivity index (χ3v) is 4.87. The van der Waals surface area contributed by atoms with E-state index in [1.54, 1.807) is 6.08 Å². The van der Waals surface area contributed by atoms with Gasteiger partial charge in [0.25, 0.3) is 0 Å². The largest absolute Gasteiger partial charge is 0.550 e. The van der Waals surface area contributed by atoms with Gasteiger partial charge in [-0.2, -0.15) is 0 Å². The number of likely N-dealkylation sites (N-methyl/N-ethyl adjacent to an activating group) is 1. The summed E-state index contributed by atoms with van der Waals surface area (Å²) < 4.78 is 0.294. The minimum atomic E-state index is -1.91. The lowest BCUT2D eigenvalue weighted by molar-refractivity contribution is -0.875. The molecule has 28 heavy (non-hydrogen) atoms. The second kappa shape index (κ2) is 14.7. The van der Waals surface area contributed by atoms with Gasteiger partial charge in [0, 0.05) is 12.4 Å². The molecule has 0 aromatic carbocycles. The maximum absolute atomic E-state index is 12.3. The van der Waals surface area contributed by atoms with Crippen molar-refractivity contribution in [3.05, 3.63) is 12.2 Å². The molecule has 5 heteroatoms. The summed E-state index contributed by atoms with van der Waals surface area (Å²) in [5.74, 6) is -1.96. The summed E-state index contributed by atoms with van der Waals surface area (Å²) in [4.78, 5) is 23.3. The smallest absolute Gasteiger partial charge is 0.193 e. The van der Waals surface area contributed by atoms with E-state index in [9.17, 15) is 19.8 Å². The van der Waals surface area contributed by atoms with Crippen LogP contribution in [0.25, 0.3) is 0 Å². The number of quaternary nitrogens is 1. The normalized spacial score (nSPS) is 14.3. The first-order chi connectivity index (χ1) is 13.1. The number of aliphatic carboxylic acids is 1. The Hall–Kier alpha value is -1.20. The third-order valence-electron chi connectivity index (χ3n) is 4.87. The van der Waals surface area contributed by atoms with Gasteiger partial charge in [-0.05, 0) is 18.9 Å². The molecular formula is C23H43NO4. The first-order valence-electron chi connectivity index (χ1n) is 11.0. The lowest BCUT2D eigenvalue weighted by Crippen LogP contribution is -2.55. The quantitative estimate of drug-likeness (QED) is 0.218. The molecule has 0 amide bonds. The summed E-state index contributed by atoms with van der Waals surface area (Å²) >= 11 is 0. The molecule has 0 aliphatic heterocycles. The van der Waals surface area contributed by atoms with Crippen LogP contribution in [0.4, 0.5) is 0 Å². The van der Waals surface area contributed by atoms with E-state index in [0.717, 1.165) is 19.3 Å². The molecule has 0 bridgehead atoms. The summed E-state index contributed by atoms with van der Waals surface area (Å²) in [6.07, 6.45) is 17.2. The number of carbonyl (C=O) groups is 2. The van der Waals surface area contributed by atoms with Gasteiger partial charge in [0.05, 0.1) is 21.1 Å². The van der Waals surface area contributed by atoms with Crippen LogP contribution in [0.1, 0.15) is 90.4 Å². The Morgan fingerprint density at radius 3 is 1.79 bits per heavy atom. The van der Waals surface area contributed by atoms with Crippen molar-refractivity contribution >= 4 is 11.8 Å². The van der Waals surface area contributed by atoms with Gasteiger partial charge in [-0.15, -0.1) is 0 Å². The predicted octanol–water partition coefficient (Wildman–Crippen LogP) is 3.39. The minimum absolute atomic E-state index is 0.0304. The Kier molecular flexibility index (Phi) is 14.1. The maximum atomic E-state index is 12.3. The van der Waals surface area contributed by atoms with Crippen molar-refractivity contribution in [3.63, 3.8) is 0 Å². The number of hydrogen-bond acceptors (Lipinski definition) is 4. The molecule has 1 N–H and O–H groups in total. The second-order valence-corrected chi connectivity index (χ2v) is 9.12. The number of unbranched alkanes of at least 4 members (excludes halogenated alkanes) is 11. The SMILES string of the molecule is CCCCCCCCCCCCCC=CC(=O)C(O)(CC(=O)[O-])C[N+](C)(C)C.